The number of benzene rings is 1. The zero-order valence-electron chi connectivity index (χ0n) is 18.3. The average molecular weight is 473 g/mol. The van der Waals surface area contributed by atoms with Crippen molar-refractivity contribution in [2.75, 3.05) is 13.1 Å². The van der Waals surface area contributed by atoms with Crippen LogP contribution in [0.3, 0.4) is 0 Å². The van der Waals surface area contributed by atoms with Gasteiger partial charge >= 0.3 is 6.36 Å². The molecule has 0 atom stereocenters. The van der Waals surface area contributed by atoms with Crippen molar-refractivity contribution < 1.29 is 27.1 Å². The third-order valence-electron chi connectivity index (χ3n) is 6.58. The van der Waals surface area contributed by atoms with Gasteiger partial charge in [0.25, 0.3) is 5.91 Å². The first-order valence-corrected chi connectivity index (χ1v) is 11.3. The van der Waals surface area contributed by atoms with Crippen LogP contribution in [0.4, 0.5) is 17.6 Å². The molecular formula is C25H23F4N3O2. The second kappa shape index (κ2) is 8.77. The van der Waals surface area contributed by atoms with Crippen LogP contribution in [0.5, 0.6) is 5.75 Å². The monoisotopic (exact) mass is 473 g/mol. The van der Waals surface area contributed by atoms with Crippen LogP contribution in [-0.4, -0.2) is 40.2 Å². The molecule has 1 N–H and O–H groups in total. The summed E-state index contributed by atoms with van der Waals surface area (Å²) in [6, 6.07) is 4.90. The van der Waals surface area contributed by atoms with Crippen LogP contribution in [0.1, 0.15) is 52.4 Å². The van der Waals surface area contributed by atoms with Gasteiger partial charge in [0.1, 0.15) is 17.2 Å². The van der Waals surface area contributed by atoms with E-state index < -0.39 is 6.36 Å². The van der Waals surface area contributed by atoms with Crippen LogP contribution in [0.25, 0.3) is 11.0 Å². The van der Waals surface area contributed by atoms with Gasteiger partial charge in [-0.05, 0) is 67.9 Å². The predicted octanol–water partition coefficient (Wildman–Crippen LogP) is 5.67. The summed E-state index contributed by atoms with van der Waals surface area (Å²) in [5.41, 5.74) is 3.86. The molecule has 1 saturated heterocycles. The molecule has 0 bridgehead atoms. The normalized spacial score (nSPS) is 17.0. The van der Waals surface area contributed by atoms with E-state index in [9.17, 15) is 18.0 Å². The maximum Gasteiger partial charge on any atom is 0.573 e. The molecule has 1 amide bonds. The summed E-state index contributed by atoms with van der Waals surface area (Å²) in [6.45, 7) is 0.861. The Morgan fingerprint density at radius 3 is 2.56 bits per heavy atom. The second-order valence-corrected chi connectivity index (χ2v) is 8.68. The smallest absolute Gasteiger partial charge is 0.406 e. The lowest BCUT2D eigenvalue weighted by molar-refractivity contribution is -0.274. The Labute approximate surface area is 193 Å². The van der Waals surface area contributed by atoms with Gasteiger partial charge in [0.2, 0.25) is 0 Å². The minimum Gasteiger partial charge on any atom is -0.406 e. The van der Waals surface area contributed by atoms with Gasteiger partial charge in [0, 0.05) is 35.3 Å². The van der Waals surface area contributed by atoms with Crippen molar-refractivity contribution in [3.63, 3.8) is 0 Å². The van der Waals surface area contributed by atoms with Gasteiger partial charge in [-0.3, -0.25) is 4.79 Å². The molecule has 178 valence electrons. The number of halogens is 4. The fourth-order valence-electron chi connectivity index (χ4n) is 5.01. The van der Waals surface area contributed by atoms with Gasteiger partial charge in [-0.2, -0.15) is 0 Å². The Kier molecular flexibility index (Phi) is 5.79. The van der Waals surface area contributed by atoms with E-state index in [1.54, 1.807) is 4.90 Å². The molecule has 9 heteroatoms. The highest BCUT2D eigenvalue weighted by Crippen LogP contribution is 2.38. The van der Waals surface area contributed by atoms with Gasteiger partial charge in [-0.1, -0.05) is 12.2 Å². The van der Waals surface area contributed by atoms with Gasteiger partial charge in [-0.25, -0.2) is 9.37 Å². The van der Waals surface area contributed by atoms with Crippen molar-refractivity contribution in [3.05, 3.63) is 70.8 Å². The SMILES string of the molecule is O=C(c1ccc(OC(F)(F)F)cc1)N1CCC(c2c(F)cnc3[nH]c4c(c23)CC=CCC4)CC1. The average Bonchev–Trinajstić information content (AvgIpc) is 2.99. The summed E-state index contributed by atoms with van der Waals surface area (Å²) < 4.78 is 56.0. The third kappa shape index (κ3) is 4.38. The molecular weight excluding hydrogens is 450 g/mol. The lowest BCUT2D eigenvalue weighted by atomic mass is 9.86. The maximum atomic E-state index is 15.1. The van der Waals surface area contributed by atoms with E-state index in [2.05, 4.69) is 26.9 Å². The number of carbonyl (C=O) groups excluding carboxylic acids is 1. The Hall–Kier alpha value is -3.36. The highest BCUT2D eigenvalue weighted by atomic mass is 19.4. The molecule has 3 aromatic rings. The number of allylic oxidation sites excluding steroid dienone is 2. The van der Waals surface area contributed by atoms with Crippen molar-refractivity contribution >= 4 is 16.9 Å². The molecule has 1 fully saturated rings. The first kappa shape index (κ1) is 22.4. The maximum absolute atomic E-state index is 15.1. The van der Waals surface area contributed by atoms with Gasteiger partial charge < -0.3 is 14.6 Å². The molecule has 1 aromatic carbocycles. The number of aryl methyl sites for hydroxylation is 1. The molecule has 2 aliphatic rings. The van der Waals surface area contributed by atoms with Crippen molar-refractivity contribution in [3.8, 4) is 5.75 Å². The summed E-state index contributed by atoms with van der Waals surface area (Å²) in [6.07, 6.45) is 4.45. The number of aromatic nitrogens is 2. The zero-order chi connectivity index (χ0) is 23.9. The molecule has 5 rings (SSSR count). The van der Waals surface area contributed by atoms with Crippen LogP contribution in [-0.2, 0) is 12.8 Å². The number of rotatable bonds is 3. The van der Waals surface area contributed by atoms with E-state index in [0.29, 0.717) is 37.1 Å². The first-order valence-electron chi connectivity index (χ1n) is 11.3. The van der Waals surface area contributed by atoms with Crippen LogP contribution in [0.15, 0.2) is 42.6 Å². The summed E-state index contributed by atoms with van der Waals surface area (Å²) >= 11 is 0. The number of amides is 1. The number of hydrogen-bond acceptors (Lipinski definition) is 3. The van der Waals surface area contributed by atoms with Gasteiger partial charge in [0.05, 0.1) is 6.20 Å². The molecule has 3 heterocycles. The molecule has 5 nitrogen and oxygen atoms in total. The van der Waals surface area contributed by atoms with E-state index in [1.807, 2.05) is 0 Å². The van der Waals surface area contributed by atoms with E-state index in [0.717, 1.165) is 48.0 Å². The summed E-state index contributed by atoms with van der Waals surface area (Å²) in [7, 11) is 0. The van der Waals surface area contributed by atoms with Gasteiger partial charge in [-0.15, -0.1) is 13.2 Å². The van der Waals surface area contributed by atoms with E-state index >= 15 is 4.39 Å². The Bertz CT molecular complexity index is 1240. The quantitative estimate of drug-likeness (QED) is 0.394. The minimum atomic E-state index is -4.78. The summed E-state index contributed by atoms with van der Waals surface area (Å²) in [5, 5.41) is 0.867. The number of hydrogen-bond donors (Lipinski definition) is 1. The number of H-pyrrole nitrogens is 1. The molecule has 0 radical (unpaired) electrons. The largest absolute Gasteiger partial charge is 0.573 e. The third-order valence-corrected chi connectivity index (χ3v) is 6.58. The number of likely N-dealkylation sites (tertiary alicyclic amines) is 1. The number of nitrogens with zero attached hydrogens (tertiary/aromatic N) is 2. The number of ether oxygens (including phenoxy) is 1. The Morgan fingerprint density at radius 1 is 1.12 bits per heavy atom. The number of fused-ring (bicyclic) bond motifs is 3. The van der Waals surface area contributed by atoms with Crippen LogP contribution >= 0.6 is 0 Å². The van der Waals surface area contributed by atoms with Crippen LogP contribution in [0.2, 0.25) is 0 Å². The molecule has 1 aliphatic heterocycles. The number of piperidine rings is 1. The number of nitrogens with one attached hydrogen (secondary N) is 1. The molecule has 1 aliphatic carbocycles. The van der Waals surface area contributed by atoms with Crippen LogP contribution < -0.4 is 4.74 Å². The number of aromatic amines is 1. The van der Waals surface area contributed by atoms with Crippen molar-refractivity contribution in [1.29, 1.82) is 0 Å². The van der Waals surface area contributed by atoms with Crippen molar-refractivity contribution in [2.24, 2.45) is 0 Å². The number of carbonyl (C=O) groups is 1. The Balaban J connectivity index is 1.33. The predicted molar refractivity (Wildman–Crippen MR) is 118 cm³/mol. The molecule has 0 unspecified atom stereocenters. The van der Waals surface area contributed by atoms with Crippen molar-refractivity contribution in [2.45, 2.75) is 44.4 Å². The molecule has 34 heavy (non-hydrogen) atoms. The minimum absolute atomic E-state index is 0.0516. The zero-order valence-corrected chi connectivity index (χ0v) is 18.3. The van der Waals surface area contributed by atoms with Crippen LogP contribution in [0, 0.1) is 5.82 Å². The highest BCUT2D eigenvalue weighted by molar-refractivity contribution is 5.94. The van der Waals surface area contributed by atoms with Crippen molar-refractivity contribution in [1.82, 2.24) is 14.9 Å². The molecule has 0 spiro atoms. The molecule has 0 saturated carbocycles. The van der Waals surface area contributed by atoms with E-state index in [-0.39, 0.29) is 29.0 Å². The topological polar surface area (TPSA) is 58.2 Å². The summed E-state index contributed by atoms with van der Waals surface area (Å²) in [5.74, 6) is -1.02. The van der Waals surface area contributed by atoms with E-state index in [4.69, 9.17) is 0 Å². The standard InChI is InChI=1S/C25H23F4N3O2/c26-19-14-30-23-22(18-4-2-1-3-5-20(18)31-23)21(19)15-10-12-32(13-11-15)24(33)16-6-8-17(9-7-16)34-25(27,28)29/h1-2,6-9,14-15H,3-5,10-13H2,(H,30,31). The number of alkyl halides is 3. The highest BCUT2D eigenvalue weighted by Gasteiger charge is 2.32. The molecule has 2 aromatic heterocycles. The van der Waals surface area contributed by atoms with Gasteiger partial charge in [0.15, 0.2) is 0 Å². The first-order chi connectivity index (χ1) is 16.3. The number of pyridine rings is 1. The Morgan fingerprint density at radius 2 is 1.85 bits per heavy atom. The summed E-state index contributed by atoms with van der Waals surface area (Å²) in [4.78, 5) is 22.2. The van der Waals surface area contributed by atoms with E-state index in [1.165, 1.54) is 18.3 Å². The lowest BCUT2D eigenvalue weighted by Gasteiger charge is -2.33. The second-order valence-electron chi connectivity index (χ2n) is 8.68. The fraction of sp³-hybridized carbons (Fsp3) is 0.360. The lowest BCUT2D eigenvalue weighted by Crippen LogP contribution is -2.38. The fourth-order valence-corrected chi connectivity index (χ4v) is 5.01.